The number of aryl methyl sites for hydroxylation is 1. The van der Waals surface area contributed by atoms with Crippen LogP contribution >= 0.6 is 0 Å². The van der Waals surface area contributed by atoms with E-state index in [1.165, 1.54) is 0 Å². The molecular weight excluding hydrogens is 298 g/mol. The molecule has 1 atom stereocenters. The van der Waals surface area contributed by atoms with Crippen molar-refractivity contribution in [3.05, 3.63) is 24.0 Å². The van der Waals surface area contributed by atoms with Crippen LogP contribution in [0.1, 0.15) is 43.9 Å². The Bertz CT molecular complexity index is 637. The lowest BCUT2D eigenvalue weighted by molar-refractivity contribution is -0.139. The molecule has 0 bridgehead atoms. The molecule has 3 rings (SSSR count). The lowest BCUT2D eigenvalue weighted by Crippen LogP contribution is -2.42. The molecule has 23 heavy (non-hydrogen) atoms. The zero-order chi connectivity index (χ0) is 16.2. The van der Waals surface area contributed by atoms with Gasteiger partial charge in [0.25, 0.3) is 0 Å². The van der Waals surface area contributed by atoms with Crippen LogP contribution in [-0.2, 0) is 16.1 Å². The summed E-state index contributed by atoms with van der Waals surface area (Å²) < 4.78 is 7.39. The fraction of sp³-hybridized carbons (Fsp3) is 0.643. The Morgan fingerprint density at radius 2 is 2.39 bits per heavy atom. The number of morpholine rings is 1. The first-order valence-electron chi connectivity index (χ1n) is 7.79. The highest BCUT2D eigenvalue weighted by Gasteiger charge is 2.27. The predicted octanol–water partition coefficient (Wildman–Crippen LogP) is 0.510. The van der Waals surface area contributed by atoms with Crippen LogP contribution in [0.4, 0.5) is 0 Å². The third-order valence-electron chi connectivity index (χ3n) is 3.79. The summed E-state index contributed by atoms with van der Waals surface area (Å²) in [6, 6.07) is 0. The number of hydrogen-bond donors (Lipinski definition) is 1. The molecule has 0 aromatic carbocycles. The molecule has 0 aliphatic carbocycles. The fourth-order valence-electron chi connectivity index (χ4n) is 2.45. The number of carbonyl (C=O) groups excluding carboxylic acids is 1. The second-order valence-corrected chi connectivity index (χ2v) is 5.85. The first kappa shape index (κ1) is 15.6. The number of rotatable bonds is 5. The van der Waals surface area contributed by atoms with E-state index >= 15 is 0 Å². The number of amides is 1. The summed E-state index contributed by atoms with van der Waals surface area (Å²) in [6.45, 7) is 6.18. The highest BCUT2D eigenvalue weighted by molar-refractivity contribution is 5.76. The van der Waals surface area contributed by atoms with Gasteiger partial charge in [0.15, 0.2) is 11.6 Å². The van der Waals surface area contributed by atoms with E-state index in [4.69, 9.17) is 4.74 Å². The van der Waals surface area contributed by atoms with E-state index in [1.54, 1.807) is 17.1 Å². The van der Waals surface area contributed by atoms with Crippen LogP contribution in [0.5, 0.6) is 0 Å². The van der Waals surface area contributed by atoms with Crippen LogP contribution in [0.25, 0.3) is 0 Å². The van der Waals surface area contributed by atoms with Crippen LogP contribution < -0.4 is 0 Å². The van der Waals surface area contributed by atoms with Crippen LogP contribution in [0.3, 0.4) is 0 Å². The lowest BCUT2D eigenvalue weighted by atomic mass is 10.2. The monoisotopic (exact) mass is 319 g/mol. The van der Waals surface area contributed by atoms with Crippen molar-refractivity contribution < 1.29 is 9.53 Å². The van der Waals surface area contributed by atoms with Crippen LogP contribution in [0.15, 0.2) is 12.4 Å². The fourth-order valence-corrected chi connectivity index (χ4v) is 2.45. The topological polar surface area (TPSA) is 102 Å². The standard InChI is InChI=1S/C14H21N7O2/c1-10(2)13-16-14(18-17-13)11-9-20(7-8-23-11)12(22)3-5-21-6-4-15-19-21/h4,6,10-11H,3,5,7-9H2,1-2H3,(H,16,17,18). The average Bonchev–Trinajstić information content (AvgIpc) is 3.24. The van der Waals surface area contributed by atoms with Crippen LogP contribution in [-0.4, -0.2) is 60.7 Å². The molecule has 0 radical (unpaired) electrons. The molecule has 1 aliphatic heterocycles. The SMILES string of the molecule is CC(C)c1n[nH]c(C2CN(C(=O)CCn3ccnn3)CCO2)n1. The normalized spacial score (nSPS) is 18.6. The Hall–Kier alpha value is -2.29. The Labute approximate surface area is 134 Å². The van der Waals surface area contributed by atoms with Gasteiger partial charge in [-0.3, -0.25) is 14.6 Å². The van der Waals surface area contributed by atoms with Gasteiger partial charge in [-0.1, -0.05) is 19.1 Å². The zero-order valence-corrected chi connectivity index (χ0v) is 13.3. The Morgan fingerprint density at radius 3 is 3.09 bits per heavy atom. The molecule has 2 aromatic rings. The number of aromatic amines is 1. The van der Waals surface area contributed by atoms with Gasteiger partial charge in [-0.2, -0.15) is 5.10 Å². The highest BCUT2D eigenvalue weighted by Crippen LogP contribution is 2.21. The number of ether oxygens (including phenoxy) is 1. The lowest BCUT2D eigenvalue weighted by Gasteiger charge is -2.31. The number of nitrogens with zero attached hydrogens (tertiary/aromatic N) is 6. The molecule has 1 saturated heterocycles. The maximum Gasteiger partial charge on any atom is 0.224 e. The first-order chi connectivity index (χ1) is 11.1. The van der Waals surface area contributed by atoms with Crippen molar-refractivity contribution in [2.75, 3.05) is 19.7 Å². The number of H-pyrrole nitrogens is 1. The molecule has 1 amide bonds. The summed E-state index contributed by atoms with van der Waals surface area (Å²) in [4.78, 5) is 18.6. The maximum absolute atomic E-state index is 12.3. The molecule has 1 fully saturated rings. The number of nitrogens with one attached hydrogen (secondary N) is 1. The van der Waals surface area contributed by atoms with Gasteiger partial charge in [-0.25, -0.2) is 4.98 Å². The molecule has 0 spiro atoms. The predicted molar refractivity (Wildman–Crippen MR) is 80.4 cm³/mol. The third-order valence-corrected chi connectivity index (χ3v) is 3.79. The smallest absolute Gasteiger partial charge is 0.224 e. The molecule has 9 nitrogen and oxygen atoms in total. The Morgan fingerprint density at radius 1 is 1.52 bits per heavy atom. The van der Waals surface area contributed by atoms with Gasteiger partial charge < -0.3 is 9.64 Å². The van der Waals surface area contributed by atoms with Crippen molar-refractivity contribution in [3.63, 3.8) is 0 Å². The number of aromatic nitrogens is 6. The van der Waals surface area contributed by atoms with Crippen LogP contribution in [0.2, 0.25) is 0 Å². The van der Waals surface area contributed by atoms with Gasteiger partial charge in [0.2, 0.25) is 5.91 Å². The van der Waals surface area contributed by atoms with E-state index < -0.39 is 0 Å². The van der Waals surface area contributed by atoms with E-state index in [2.05, 4.69) is 25.5 Å². The minimum atomic E-state index is -0.251. The first-order valence-corrected chi connectivity index (χ1v) is 7.79. The van der Waals surface area contributed by atoms with E-state index in [-0.39, 0.29) is 17.9 Å². The molecule has 1 unspecified atom stereocenters. The summed E-state index contributed by atoms with van der Waals surface area (Å²) in [7, 11) is 0. The van der Waals surface area contributed by atoms with Crippen molar-refractivity contribution in [2.24, 2.45) is 0 Å². The van der Waals surface area contributed by atoms with E-state index in [0.717, 1.165) is 5.82 Å². The molecule has 124 valence electrons. The third kappa shape index (κ3) is 3.73. The van der Waals surface area contributed by atoms with Crippen molar-refractivity contribution in [2.45, 2.75) is 38.8 Å². The Kier molecular flexibility index (Phi) is 4.65. The van der Waals surface area contributed by atoms with E-state index in [1.807, 2.05) is 18.7 Å². The molecule has 0 saturated carbocycles. The summed E-state index contributed by atoms with van der Waals surface area (Å²) in [5, 5.41) is 14.7. The summed E-state index contributed by atoms with van der Waals surface area (Å²) in [5.74, 6) is 1.78. The van der Waals surface area contributed by atoms with Gasteiger partial charge in [-0.05, 0) is 0 Å². The second kappa shape index (κ2) is 6.86. The largest absolute Gasteiger partial charge is 0.367 e. The minimum Gasteiger partial charge on any atom is -0.367 e. The Balaban J connectivity index is 1.57. The number of hydrogen-bond acceptors (Lipinski definition) is 6. The van der Waals surface area contributed by atoms with Gasteiger partial charge in [0.1, 0.15) is 6.10 Å². The van der Waals surface area contributed by atoms with E-state index in [0.29, 0.717) is 38.5 Å². The van der Waals surface area contributed by atoms with Crippen LogP contribution in [0, 0.1) is 0 Å². The maximum atomic E-state index is 12.3. The second-order valence-electron chi connectivity index (χ2n) is 5.85. The molecule has 9 heteroatoms. The average molecular weight is 319 g/mol. The molecular formula is C14H21N7O2. The molecule has 1 aliphatic rings. The summed E-state index contributed by atoms with van der Waals surface area (Å²) in [5.41, 5.74) is 0. The van der Waals surface area contributed by atoms with E-state index in [9.17, 15) is 4.79 Å². The van der Waals surface area contributed by atoms with Gasteiger partial charge in [-0.15, -0.1) is 5.10 Å². The molecule has 1 N–H and O–H groups in total. The van der Waals surface area contributed by atoms with Crippen molar-refractivity contribution in [3.8, 4) is 0 Å². The van der Waals surface area contributed by atoms with Crippen molar-refractivity contribution in [1.82, 2.24) is 35.1 Å². The molecule has 3 heterocycles. The van der Waals surface area contributed by atoms with Crippen molar-refractivity contribution in [1.29, 1.82) is 0 Å². The van der Waals surface area contributed by atoms with Gasteiger partial charge >= 0.3 is 0 Å². The highest BCUT2D eigenvalue weighted by atomic mass is 16.5. The summed E-state index contributed by atoms with van der Waals surface area (Å²) >= 11 is 0. The zero-order valence-electron chi connectivity index (χ0n) is 13.3. The number of carbonyl (C=O) groups is 1. The minimum absolute atomic E-state index is 0.0809. The van der Waals surface area contributed by atoms with Gasteiger partial charge in [0.05, 0.1) is 25.9 Å². The quantitative estimate of drug-likeness (QED) is 0.861. The summed E-state index contributed by atoms with van der Waals surface area (Å²) in [6.07, 6.45) is 3.49. The van der Waals surface area contributed by atoms with Crippen molar-refractivity contribution >= 4 is 5.91 Å². The molecule has 2 aromatic heterocycles. The van der Waals surface area contributed by atoms with Gasteiger partial charge in [0, 0.05) is 25.1 Å².